The van der Waals surface area contributed by atoms with Gasteiger partial charge in [-0.15, -0.1) is 0 Å². The summed E-state index contributed by atoms with van der Waals surface area (Å²) in [6, 6.07) is 8.70. The van der Waals surface area contributed by atoms with Crippen molar-refractivity contribution in [1.82, 2.24) is 5.32 Å². The summed E-state index contributed by atoms with van der Waals surface area (Å²) in [5, 5.41) is 2.43. The number of hydrogen-bond donors (Lipinski definition) is 2. The minimum atomic E-state index is -0.607. The number of rotatable bonds is 1. The van der Waals surface area contributed by atoms with E-state index >= 15 is 0 Å². The molecule has 13 heavy (non-hydrogen) atoms. The molecule has 0 radical (unpaired) electrons. The molecule has 0 spiro atoms. The van der Waals surface area contributed by atoms with E-state index in [1.54, 1.807) is 7.05 Å². The number of amides is 2. The molecular weight excluding hydrogens is 166 g/mol. The summed E-state index contributed by atoms with van der Waals surface area (Å²) in [6.45, 7) is 0. The van der Waals surface area contributed by atoms with E-state index in [-0.39, 0.29) is 0 Å². The molecular formula is C9H11N3O. The van der Waals surface area contributed by atoms with Gasteiger partial charge in [0.15, 0.2) is 0 Å². The molecule has 1 aromatic carbocycles. The zero-order valence-electron chi connectivity index (χ0n) is 7.32. The molecule has 0 heterocycles. The third kappa shape index (κ3) is 2.59. The third-order valence-electron chi connectivity index (χ3n) is 1.51. The van der Waals surface area contributed by atoms with Crippen LogP contribution in [-0.4, -0.2) is 18.9 Å². The number of carbonyl (C=O) groups excluding carboxylic acids is 1. The molecule has 0 aromatic heterocycles. The molecule has 0 aliphatic heterocycles. The highest BCUT2D eigenvalue weighted by Crippen LogP contribution is 1.98. The number of nitrogens with two attached hydrogens (primary N) is 1. The SMILES string of the molecule is CN=C(NC(N)=O)c1ccccc1. The maximum absolute atomic E-state index is 10.6. The van der Waals surface area contributed by atoms with Crippen LogP contribution in [-0.2, 0) is 0 Å². The van der Waals surface area contributed by atoms with E-state index in [0.717, 1.165) is 5.56 Å². The van der Waals surface area contributed by atoms with Crippen LogP contribution in [0.4, 0.5) is 4.79 Å². The van der Waals surface area contributed by atoms with Crippen LogP contribution in [0.1, 0.15) is 5.56 Å². The minimum Gasteiger partial charge on any atom is -0.351 e. The molecule has 4 heteroatoms. The number of hydrogen-bond acceptors (Lipinski definition) is 2. The second-order valence-electron chi connectivity index (χ2n) is 2.43. The number of nitrogens with one attached hydrogen (secondary N) is 1. The Morgan fingerprint density at radius 2 is 2.00 bits per heavy atom. The number of amidine groups is 1. The first kappa shape index (κ1) is 9.25. The van der Waals surface area contributed by atoms with Crippen LogP contribution in [0.2, 0.25) is 0 Å². The number of carbonyl (C=O) groups is 1. The van der Waals surface area contributed by atoms with Crippen molar-refractivity contribution in [2.24, 2.45) is 10.7 Å². The van der Waals surface area contributed by atoms with Crippen LogP contribution in [0.25, 0.3) is 0 Å². The molecule has 0 saturated heterocycles. The van der Waals surface area contributed by atoms with Gasteiger partial charge in [-0.2, -0.15) is 0 Å². The summed E-state index contributed by atoms with van der Waals surface area (Å²) >= 11 is 0. The summed E-state index contributed by atoms with van der Waals surface area (Å²) in [5.41, 5.74) is 5.81. The molecule has 0 bridgehead atoms. The van der Waals surface area contributed by atoms with Crippen LogP contribution in [0, 0.1) is 0 Å². The molecule has 68 valence electrons. The smallest absolute Gasteiger partial charge is 0.317 e. The van der Waals surface area contributed by atoms with E-state index in [0.29, 0.717) is 5.84 Å². The van der Waals surface area contributed by atoms with Crippen LogP contribution < -0.4 is 11.1 Å². The van der Waals surface area contributed by atoms with E-state index in [1.165, 1.54) is 0 Å². The van der Waals surface area contributed by atoms with Gasteiger partial charge in [0.1, 0.15) is 5.84 Å². The lowest BCUT2D eigenvalue weighted by atomic mass is 10.2. The van der Waals surface area contributed by atoms with Crippen molar-refractivity contribution in [1.29, 1.82) is 0 Å². The minimum absolute atomic E-state index is 0.480. The Hall–Kier alpha value is -1.84. The molecule has 1 aromatic rings. The van der Waals surface area contributed by atoms with Gasteiger partial charge in [-0.1, -0.05) is 30.3 Å². The number of benzene rings is 1. The second kappa shape index (κ2) is 4.25. The number of urea groups is 1. The fourth-order valence-electron chi connectivity index (χ4n) is 0.970. The van der Waals surface area contributed by atoms with Crippen molar-refractivity contribution in [2.45, 2.75) is 0 Å². The van der Waals surface area contributed by atoms with Crippen LogP contribution >= 0.6 is 0 Å². The van der Waals surface area contributed by atoms with Crippen molar-refractivity contribution in [3.63, 3.8) is 0 Å². The summed E-state index contributed by atoms with van der Waals surface area (Å²) in [7, 11) is 1.60. The first-order valence-corrected chi connectivity index (χ1v) is 3.82. The Balaban J connectivity index is 2.86. The lowest BCUT2D eigenvalue weighted by Crippen LogP contribution is -2.35. The molecule has 0 aliphatic rings. The van der Waals surface area contributed by atoms with Crippen molar-refractivity contribution in [3.05, 3.63) is 35.9 Å². The average molecular weight is 177 g/mol. The van der Waals surface area contributed by atoms with Gasteiger partial charge in [0.2, 0.25) is 0 Å². The van der Waals surface area contributed by atoms with Gasteiger partial charge in [0.05, 0.1) is 0 Å². The number of primary amides is 1. The predicted octanol–water partition coefficient (Wildman–Crippen LogP) is 0.731. The van der Waals surface area contributed by atoms with Crippen molar-refractivity contribution in [2.75, 3.05) is 7.05 Å². The lowest BCUT2D eigenvalue weighted by Gasteiger charge is -2.04. The molecule has 0 atom stereocenters. The van der Waals surface area contributed by atoms with E-state index in [2.05, 4.69) is 10.3 Å². The highest BCUT2D eigenvalue weighted by atomic mass is 16.2. The molecule has 0 fully saturated rings. The Morgan fingerprint density at radius 3 is 2.46 bits per heavy atom. The zero-order chi connectivity index (χ0) is 9.68. The van der Waals surface area contributed by atoms with Crippen LogP contribution in [0.15, 0.2) is 35.3 Å². The zero-order valence-corrected chi connectivity index (χ0v) is 7.32. The van der Waals surface area contributed by atoms with Gasteiger partial charge < -0.3 is 5.73 Å². The van der Waals surface area contributed by atoms with Crippen LogP contribution in [0.5, 0.6) is 0 Å². The first-order chi connectivity index (χ1) is 6.24. The highest BCUT2D eigenvalue weighted by molar-refractivity contribution is 6.07. The van der Waals surface area contributed by atoms with Crippen molar-refractivity contribution >= 4 is 11.9 Å². The summed E-state index contributed by atoms with van der Waals surface area (Å²) < 4.78 is 0. The third-order valence-corrected chi connectivity index (χ3v) is 1.51. The standard InChI is InChI=1S/C9H11N3O/c1-11-8(12-9(10)13)7-5-3-2-4-6-7/h2-6H,1H3,(H3,10,11,12,13). The molecule has 0 saturated carbocycles. The van der Waals surface area contributed by atoms with Crippen molar-refractivity contribution in [3.8, 4) is 0 Å². The Morgan fingerprint density at radius 1 is 1.38 bits per heavy atom. The summed E-state index contributed by atoms with van der Waals surface area (Å²) in [6.07, 6.45) is 0. The normalized spacial score (nSPS) is 11.0. The van der Waals surface area contributed by atoms with E-state index in [9.17, 15) is 4.79 Å². The lowest BCUT2D eigenvalue weighted by molar-refractivity contribution is 0.253. The van der Waals surface area contributed by atoms with Gasteiger partial charge in [-0.3, -0.25) is 10.3 Å². The largest absolute Gasteiger partial charge is 0.351 e. The van der Waals surface area contributed by atoms with E-state index in [4.69, 9.17) is 5.73 Å². The fraction of sp³-hybridized carbons (Fsp3) is 0.111. The molecule has 2 amide bonds. The molecule has 0 unspecified atom stereocenters. The van der Waals surface area contributed by atoms with Gasteiger partial charge in [0.25, 0.3) is 0 Å². The van der Waals surface area contributed by atoms with E-state index < -0.39 is 6.03 Å². The highest BCUT2D eigenvalue weighted by Gasteiger charge is 2.02. The molecule has 1 rings (SSSR count). The monoisotopic (exact) mass is 177 g/mol. The second-order valence-corrected chi connectivity index (χ2v) is 2.43. The van der Waals surface area contributed by atoms with Crippen LogP contribution in [0.3, 0.4) is 0 Å². The van der Waals surface area contributed by atoms with Gasteiger partial charge in [-0.05, 0) is 0 Å². The topological polar surface area (TPSA) is 67.5 Å². The predicted molar refractivity (Wildman–Crippen MR) is 51.6 cm³/mol. The van der Waals surface area contributed by atoms with E-state index in [1.807, 2.05) is 30.3 Å². The van der Waals surface area contributed by atoms with Crippen molar-refractivity contribution < 1.29 is 4.79 Å². The Bertz CT molecular complexity index is 319. The quantitative estimate of drug-likeness (QED) is 0.482. The number of aliphatic imine (C=N–C) groups is 1. The summed E-state index contributed by atoms with van der Waals surface area (Å²) in [4.78, 5) is 14.5. The maximum atomic E-state index is 10.6. The van der Waals surface area contributed by atoms with Gasteiger partial charge in [0, 0.05) is 12.6 Å². The van der Waals surface area contributed by atoms with Gasteiger partial charge in [-0.25, -0.2) is 4.79 Å². The molecule has 4 nitrogen and oxygen atoms in total. The summed E-state index contributed by atoms with van der Waals surface area (Å²) in [5.74, 6) is 0.480. The first-order valence-electron chi connectivity index (χ1n) is 3.82. The van der Waals surface area contributed by atoms with Gasteiger partial charge >= 0.3 is 6.03 Å². The molecule has 3 N–H and O–H groups in total. The average Bonchev–Trinajstić information content (AvgIpc) is 2.15. The molecule has 0 aliphatic carbocycles. The fourth-order valence-corrected chi connectivity index (χ4v) is 0.970. The Kier molecular flexibility index (Phi) is 3.03. The Labute approximate surface area is 76.5 Å². The maximum Gasteiger partial charge on any atom is 0.317 e. The number of nitrogens with zero attached hydrogens (tertiary/aromatic N) is 1.